The van der Waals surface area contributed by atoms with Crippen molar-refractivity contribution in [3.05, 3.63) is 108 Å². The average Bonchev–Trinajstić information content (AvgIpc) is 2.90. The number of carboxylic acids is 1. The molecule has 31 heavy (non-hydrogen) atoms. The molecular weight excluding hydrogens is 452 g/mol. The van der Waals surface area contributed by atoms with Crippen LogP contribution in [-0.4, -0.2) is 16.2 Å². The summed E-state index contributed by atoms with van der Waals surface area (Å²) >= 11 is 3.36. The van der Waals surface area contributed by atoms with E-state index in [0.717, 1.165) is 10.9 Å². The number of halogens is 1. The van der Waals surface area contributed by atoms with Crippen LogP contribution in [0.2, 0.25) is 0 Å². The fourth-order valence-corrected chi connectivity index (χ4v) is 2.11. The third-order valence-electron chi connectivity index (χ3n) is 3.04. The van der Waals surface area contributed by atoms with Crippen molar-refractivity contribution < 1.29 is 15.0 Å². The lowest BCUT2D eigenvalue weighted by Crippen LogP contribution is -1.93. The maximum atomic E-state index is 10.2. The third kappa shape index (κ3) is 20.6. The van der Waals surface area contributed by atoms with E-state index in [9.17, 15) is 4.79 Å². The first kappa shape index (κ1) is 33.2. The molecule has 3 nitrogen and oxygen atoms in total. The fraction of sp³-hybridized carbons (Fsp3) is 0.296. The summed E-state index contributed by atoms with van der Waals surface area (Å²) in [6.45, 7) is 12.1. The van der Waals surface area contributed by atoms with Crippen molar-refractivity contribution in [1.29, 1.82) is 0 Å². The zero-order valence-corrected chi connectivity index (χ0v) is 21.3. The minimum atomic E-state index is -0.879. The summed E-state index contributed by atoms with van der Waals surface area (Å²) < 4.78 is 0. The van der Waals surface area contributed by atoms with E-state index < -0.39 is 5.97 Å². The fourth-order valence-electron chi connectivity index (χ4n) is 1.73. The van der Waals surface area contributed by atoms with E-state index in [1.165, 1.54) is 5.56 Å². The minimum Gasteiger partial charge on any atom is -0.478 e. The van der Waals surface area contributed by atoms with E-state index in [1.54, 1.807) is 30.3 Å². The lowest BCUT2D eigenvalue weighted by atomic mass is 10.2. The van der Waals surface area contributed by atoms with Crippen LogP contribution in [0.5, 0.6) is 0 Å². The quantitative estimate of drug-likeness (QED) is 0.363. The lowest BCUT2D eigenvalue weighted by Gasteiger charge is -1.89. The van der Waals surface area contributed by atoms with Crippen molar-refractivity contribution in [2.24, 2.45) is 0 Å². The van der Waals surface area contributed by atoms with Crippen LogP contribution in [0.25, 0.3) is 0 Å². The molecule has 0 unspecified atom stereocenters. The van der Waals surface area contributed by atoms with E-state index >= 15 is 0 Å². The summed E-state index contributed by atoms with van der Waals surface area (Å²) in [7, 11) is 0. The SMILES string of the molecule is BrCc1ccccc1.CC.CC.CC.O=C(O)c1ccccc1.OCc1ccccc1. The normalized spacial score (nSPS) is 7.87. The van der Waals surface area contributed by atoms with Gasteiger partial charge in [-0.15, -0.1) is 0 Å². The highest BCUT2D eigenvalue weighted by Crippen LogP contribution is 2.02. The van der Waals surface area contributed by atoms with Crippen LogP contribution < -0.4 is 0 Å². The molecule has 0 aliphatic heterocycles. The van der Waals surface area contributed by atoms with Gasteiger partial charge in [-0.1, -0.05) is 136 Å². The van der Waals surface area contributed by atoms with Crippen LogP contribution in [0, 0.1) is 0 Å². The van der Waals surface area contributed by atoms with Crippen LogP contribution in [0.1, 0.15) is 63.0 Å². The second-order valence-electron chi connectivity index (χ2n) is 4.93. The Bertz CT molecular complexity index is 663. The highest BCUT2D eigenvalue weighted by Gasteiger charge is 1.96. The highest BCUT2D eigenvalue weighted by molar-refractivity contribution is 9.08. The smallest absolute Gasteiger partial charge is 0.335 e. The molecule has 3 aromatic rings. The molecule has 0 radical (unpaired) electrons. The predicted octanol–water partition coefficient (Wildman–Crippen LogP) is 8.22. The Labute approximate surface area is 197 Å². The van der Waals surface area contributed by atoms with Crippen molar-refractivity contribution in [2.75, 3.05) is 0 Å². The molecule has 0 saturated carbocycles. The van der Waals surface area contributed by atoms with Gasteiger partial charge in [0.25, 0.3) is 0 Å². The number of carbonyl (C=O) groups is 1. The molecule has 172 valence electrons. The van der Waals surface area contributed by atoms with Gasteiger partial charge in [-0.05, 0) is 23.3 Å². The zero-order valence-electron chi connectivity index (χ0n) is 19.8. The summed E-state index contributed by atoms with van der Waals surface area (Å²) in [5.41, 5.74) is 2.62. The molecule has 0 atom stereocenters. The summed E-state index contributed by atoms with van der Waals surface area (Å²) in [6.07, 6.45) is 0. The van der Waals surface area contributed by atoms with Gasteiger partial charge in [0.2, 0.25) is 0 Å². The topological polar surface area (TPSA) is 57.5 Å². The van der Waals surface area contributed by atoms with Crippen LogP contribution in [0.15, 0.2) is 91.0 Å². The summed E-state index contributed by atoms with van der Waals surface area (Å²) in [5, 5.41) is 17.9. The Balaban J connectivity index is -0.000000338. The molecular formula is C27H39BrO3. The second kappa shape index (κ2) is 27.6. The second-order valence-corrected chi connectivity index (χ2v) is 5.49. The predicted molar refractivity (Wildman–Crippen MR) is 139 cm³/mol. The van der Waals surface area contributed by atoms with E-state index in [4.69, 9.17) is 10.2 Å². The van der Waals surface area contributed by atoms with Gasteiger partial charge in [0, 0.05) is 5.33 Å². The van der Waals surface area contributed by atoms with E-state index in [2.05, 4.69) is 28.1 Å². The molecule has 3 rings (SSSR count). The monoisotopic (exact) mass is 490 g/mol. The van der Waals surface area contributed by atoms with Gasteiger partial charge in [-0.3, -0.25) is 0 Å². The number of aliphatic hydroxyl groups excluding tert-OH is 1. The first-order valence-electron chi connectivity index (χ1n) is 10.7. The number of rotatable bonds is 3. The van der Waals surface area contributed by atoms with Gasteiger partial charge in [0.15, 0.2) is 0 Å². The van der Waals surface area contributed by atoms with Crippen molar-refractivity contribution >= 4 is 21.9 Å². The van der Waals surface area contributed by atoms with E-state index in [0.29, 0.717) is 5.56 Å². The van der Waals surface area contributed by atoms with Crippen LogP contribution >= 0.6 is 15.9 Å². The maximum absolute atomic E-state index is 10.2. The zero-order chi connectivity index (χ0) is 24.3. The molecule has 0 aliphatic carbocycles. The maximum Gasteiger partial charge on any atom is 0.335 e. The molecule has 0 bridgehead atoms. The molecule has 0 amide bonds. The molecule has 0 heterocycles. The Morgan fingerprint density at radius 2 is 0.968 bits per heavy atom. The number of alkyl halides is 1. The molecule has 0 saturated heterocycles. The van der Waals surface area contributed by atoms with Gasteiger partial charge in [-0.25, -0.2) is 4.79 Å². The number of aromatic carboxylic acids is 1. The molecule has 3 aromatic carbocycles. The third-order valence-corrected chi connectivity index (χ3v) is 3.69. The van der Waals surface area contributed by atoms with Crippen molar-refractivity contribution in [1.82, 2.24) is 0 Å². The lowest BCUT2D eigenvalue weighted by molar-refractivity contribution is 0.0697. The molecule has 4 heteroatoms. The average molecular weight is 492 g/mol. The largest absolute Gasteiger partial charge is 0.478 e. The number of hydrogen-bond donors (Lipinski definition) is 2. The van der Waals surface area contributed by atoms with Gasteiger partial charge in [0.05, 0.1) is 12.2 Å². The van der Waals surface area contributed by atoms with Crippen LogP contribution in [-0.2, 0) is 11.9 Å². The summed E-state index contributed by atoms with van der Waals surface area (Å²) in [6, 6.07) is 28.1. The number of carboxylic acid groups (broad SMARTS) is 1. The Morgan fingerprint density at radius 1 is 0.645 bits per heavy atom. The standard InChI is InChI=1S/C7H7Br.C7H6O2.C7H8O.3C2H6/c8-6-7-4-2-1-3-5-7;8-7(9)6-4-2-1-3-5-6;8-6-7-4-2-1-3-5-7;3*1-2/h1-5H,6H2;1-5H,(H,8,9);1-5,8H,6H2;3*1-2H3. The van der Waals surface area contributed by atoms with Crippen molar-refractivity contribution in [3.8, 4) is 0 Å². The molecule has 2 N–H and O–H groups in total. The molecule has 0 aliphatic rings. The van der Waals surface area contributed by atoms with Gasteiger partial charge >= 0.3 is 5.97 Å². The summed E-state index contributed by atoms with van der Waals surface area (Å²) in [5.74, 6) is -0.879. The first-order valence-corrected chi connectivity index (χ1v) is 11.8. The number of hydrogen-bond acceptors (Lipinski definition) is 2. The molecule has 0 fully saturated rings. The van der Waals surface area contributed by atoms with Crippen molar-refractivity contribution in [3.63, 3.8) is 0 Å². The number of benzene rings is 3. The highest BCUT2D eigenvalue weighted by atomic mass is 79.9. The Kier molecular flexibility index (Phi) is 29.5. The van der Waals surface area contributed by atoms with E-state index in [1.807, 2.05) is 90.1 Å². The minimum absolute atomic E-state index is 0.140. The van der Waals surface area contributed by atoms with Gasteiger partial charge < -0.3 is 10.2 Å². The van der Waals surface area contributed by atoms with Gasteiger partial charge in [-0.2, -0.15) is 0 Å². The Morgan fingerprint density at radius 3 is 1.16 bits per heavy atom. The number of aliphatic hydroxyl groups is 1. The van der Waals surface area contributed by atoms with Crippen LogP contribution in [0.3, 0.4) is 0 Å². The van der Waals surface area contributed by atoms with Crippen LogP contribution in [0.4, 0.5) is 0 Å². The first-order chi connectivity index (χ1) is 15.2. The van der Waals surface area contributed by atoms with E-state index in [-0.39, 0.29) is 6.61 Å². The van der Waals surface area contributed by atoms with Crippen molar-refractivity contribution in [2.45, 2.75) is 53.5 Å². The molecule has 0 aromatic heterocycles. The Hall–Kier alpha value is -2.43. The summed E-state index contributed by atoms with van der Waals surface area (Å²) in [4.78, 5) is 10.2. The molecule has 0 spiro atoms. The van der Waals surface area contributed by atoms with Gasteiger partial charge in [0.1, 0.15) is 0 Å².